The minimum atomic E-state index is -4.20. The molecule has 1 aliphatic carbocycles. The van der Waals surface area contributed by atoms with Crippen LogP contribution in [0.1, 0.15) is 52.4 Å². The van der Waals surface area contributed by atoms with Gasteiger partial charge in [-0.15, -0.1) is 0 Å². The number of alkyl halides is 3. The lowest BCUT2D eigenvalue weighted by Crippen LogP contribution is -2.30. The van der Waals surface area contributed by atoms with E-state index in [0.717, 1.165) is 31.8 Å². The van der Waals surface area contributed by atoms with E-state index in [4.69, 9.17) is 4.74 Å². The van der Waals surface area contributed by atoms with Gasteiger partial charge in [0.15, 0.2) is 0 Å². The van der Waals surface area contributed by atoms with Crippen molar-refractivity contribution in [3.8, 4) is 0 Å². The molecule has 21 heavy (non-hydrogen) atoms. The number of ether oxygens (including phenoxy) is 1. The summed E-state index contributed by atoms with van der Waals surface area (Å²) < 4.78 is 40.7. The zero-order chi connectivity index (χ0) is 15.7. The number of hydrogen-bond donors (Lipinski definition) is 1. The molecule has 1 saturated carbocycles. The molecule has 0 aromatic carbocycles. The molecule has 0 heterocycles. The van der Waals surface area contributed by atoms with Crippen molar-refractivity contribution in [1.29, 1.82) is 0 Å². The van der Waals surface area contributed by atoms with Crippen LogP contribution >= 0.6 is 0 Å². The highest BCUT2D eigenvalue weighted by Gasteiger charge is 2.28. The van der Waals surface area contributed by atoms with E-state index >= 15 is 0 Å². The number of hydrogen-bond acceptors (Lipinski definition) is 2. The molecule has 1 rings (SSSR count). The van der Waals surface area contributed by atoms with Gasteiger partial charge in [0.1, 0.15) is 6.61 Å². The van der Waals surface area contributed by atoms with Crippen LogP contribution in [-0.2, 0) is 4.74 Å². The summed E-state index contributed by atoms with van der Waals surface area (Å²) in [6.07, 6.45) is 2.64. The van der Waals surface area contributed by atoms with Gasteiger partial charge >= 0.3 is 6.18 Å². The molecule has 0 aliphatic heterocycles. The summed E-state index contributed by atoms with van der Waals surface area (Å²) in [6.45, 7) is 5.46. The number of rotatable bonds is 10. The van der Waals surface area contributed by atoms with Crippen molar-refractivity contribution >= 4 is 0 Å². The zero-order valence-corrected chi connectivity index (χ0v) is 13.3. The third-order valence-electron chi connectivity index (χ3n) is 4.15. The molecule has 2 nitrogen and oxygen atoms in total. The lowest BCUT2D eigenvalue weighted by atomic mass is 9.87. The molecule has 1 aliphatic rings. The van der Waals surface area contributed by atoms with E-state index in [0.29, 0.717) is 11.8 Å². The van der Waals surface area contributed by atoms with Crippen molar-refractivity contribution in [3.63, 3.8) is 0 Å². The van der Waals surface area contributed by atoms with E-state index in [1.165, 1.54) is 25.7 Å². The second-order valence-electron chi connectivity index (χ2n) is 6.67. The number of halogens is 3. The molecular weight excluding hydrogens is 279 g/mol. The fourth-order valence-electron chi connectivity index (χ4n) is 3.13. The predicted octanol–water partition coefficient (Wildman–Crippen LogP) is 4.40. The van der Waals surface area contributed by atoms with E-state index in [-0.39, 0.29) is 6.61 Å². The molecule has 126 valence electrons. The smallest absolute Gasteiger partial charge is 0.372 e. The zero-order valence-electron chi connectivity index (χ0n) is 13.3. The van der Waals surface area contributed by atoms with E-state index < -0.39 is 12.8 Å². The maximum Gasteiger partial charge on any atom is 0.411 e. The summed E-state index contributed by atoms with van der Waals surface area (Å²) >= 11 is 0. The first-order valence-electron chi connectivity index (χ1n) is 8.23. The molecular formula is C16H30F3NO. The van der Waals surface area contributed by atoms with Crippen LogP contribution in [0, 0.1) is 17.8 Å². The maximum atomic E-state index is 12.0. The average molecular weight is 309 g/mol. The molecule has 0 bridgehead atoms. The van der Waals surface area contributed by atoms with Crippen LogP contribution in [-0.4, -0.2) is 32.5 Å². The van der Waals surface area contributed by atoms with Crippen LogP contribution in [0.5, 0.6) is 0 Å². The van der Waals surface area contributed by atoms with Gasteiger partial charge in [-0.1, -0.05) is 39.5 Å². The summed E-state index contributed by atoms with van der Waals surface area (Å²) in [6, 6.07) is 0. The van der Waals surface area contributed by atoms with Gasteiger partial charge in [-0.2, -0.15) is 13.2 Å². The predicted molar refractivity (Wildman–Crippen MR) is 79.3 cm³/mol. The fourth-order valence-corrected chi connectivity index (χ4v) is 3.13. The molecule has 5 heteroatoms. The highest BCUT2D eigenvalue weighted by atomic mass is 19.4. The minimum absolute atomic E-state index is 0.215. The van der Waals surface area contributed by atoms with Gasteiger partial charge in [-0.25, -0.2) is 0 Å². The van der Waals surface area contributed by atoms with Crippen LogP contribution in [0.15, 0.2) is 0 Å². The van der Waals surface area contributed by atoms with E-state index in [2.05, 4.69) is 19.2 Å². The monoisotopic (exact) mass is 309 g/mol. The Morgan fingerprint density at radius 2 is 1.81 bits per heavy atom. The fraction of sp³-hybridized carbons (Fsp3) is 1.00. The van der Waals surface area contributed by atoms with Crippen LogP contribution in [0.2, 0.25) is 0 Å². The average Bonchev–Trinajstić information content (AvgIpc) is 2.88. The second kappa shape index (κ2) is 9.67. The lowest BCUT2D eigenvalue weighted by molar-refractivity contribution is -0.174. The van der Waals surface area contributed by atoms with Crippen molar-refractivity contribution in [3.05, 3.63) is 0 Å². The van der Waals surface area contributed by atoms with Crippen molar-refractivity contribution in [2.45, 2.75) is 58.5 Å². The number of nitrogens with one attached hydrogen (secondary N) is 1. The standard InChI is InChI=1S/C16H30F3NO/c1-13(2)10-20-11-15(14-6-3-4-7-14)8-5-9-21-12-16(17,18)19/h13-15,20H,3-12H2,1-2H3. The Balaban J connectivity index is 2.21. The summed E-state index contributed by atoms with van der Waals surface area (Å²) in [5, 5.41) is 3.51. The van der Waals surface area contributed by atoms with Gasteiger partial charge < -0.3 is 10.1 Å². The SMILES string of the molecule is CC(C)CNCC(CCCOCC(F)(F)F)C1CCCC1. The third kappa shape index (κ3) is 9.35. The molecule has 0 radical (unpaired) electrons. The highest BCUT2D eigenvalue weighted by molar-refractivity contribution is 4.77. The molecule has 0 aromatic heterocycles. The third-order valence-corrected chi connectivity index (χ3v) is 4.15. The van der Waals surface area contributed by atoms with Crippen molar-refractivity contribution in [1.82, 2.24) is 5.32 Å². The van der Waals surface area contributed by atoms with E-state index in [1.807, 2.05) is 0 Å². The Morgan fingerprint density at radius 1 is 1.14 bits per heavy atom. The van der Waals surface area contributed by atoms with Gasteiger partial charge in [-0.05, 0) is 43.7 Å². The highest BCUT2D eigenvalue weighted by Crippen LogP contribution is 2.33. The molecule has 0 aromatic rings. The van der Waals surface area contributed by atoms with Crippen molar-refractivity contribution in [2.75, 3.05) is 26.3 Å². The Kier molecular flexibility index (Phi) is 8.64. The maximum absolute atomic E-state index is 12.0. The van der Waals surface area contributed by atoms with E-state index in [1.54, 1.807) is 0 Å². The molecule has 1 N–H and O–H groups in total. The lowest BCUT2D eigenvalue weighted by Gasteiger charge is -2.24. The molecule has 1 unspecified atom stereocenters. The molecule has 0 saturated heterocycles. The van der Waals surface area contributed by atoms with Crippen LogP contribution in [0.3, 0.4) is 0 Å². The topological polar surface area (TPSA) is 21.3 Å². The second-order valence-corrected chi connectivity index (χ2v) is 6.67. The van der Waals surface area contributed by atoms with E-state index in [9.17, 15) is 13.2 Å². The van der Waals surface area contributed by atoms with Crippen LogP contribution in [0.25, 0.3) is 0 Å². The first-order valence-corrected chi connectivity index (χ1v) is 8.23. The Labute approximate surface area is 126 Å². The van der Waals surface area contributed by atoms with Gasteiger partial charge in [0.2, 0.25) is 0 Å². The van der Waals surface area contributed by atoms with Gasteiger partial charge in [0.25, 0.3) is 0 Å². The first-order chi connectivity index (χ1) is 9.88. The summed E-state index contributed by atoms with van der Waals surface area (Å²) in [5.41, 5.74) is 0. The summed E-state index contributed by atoms with van der Waals surface area (Å²) in [4.78, 5) is 0. The largest absolute Gasteiger partial charge is 0.411 e. The summed E-state index contributed by atoms with van der Waals surface area (Å²) in [7, 11) is 0. The van der Waals surface area contributed by atoms with Gasteiger partial charge in [0.05, 0.1) is 0 Å². The molecule has 1 fully saturated rings. The van der Waals surface area contributed by atoms with Crippen LogP contribution in [0.4, 0.5) is 13.2 Å². The van der Waals surface area contributed by atoms with Gasteiger partial charge in [0, 0.05) is 6.61 Å². The Hall–Kier alpha value is -0.290. The minimum Gasteiger partial charge on any atom is -0.372 e. The normalized spacial score (nSPS) is 18.6. The first kappa shape index (κ1) is 18.8. The quantitative estimate of drug-likeness (QED) is 0.604. The van der Waals surface area contributed by atoms with Crippen molar-refractivity contribution < 1.29 is 17.9 Å². The summed E-state index contributed by atoms with van der Waals surface area (Å²) in [5.74, 6) is 1.96. The van der Waals surface area contributed by atoms with Crippen molar-refractivity contribution in [2.24, 2.45) is 17.8 Å². The van der Waals surface area contributed by atoms with Gasteiger partial charge in [-0.3, -0.25) is 0 Å². The Bertz CT molecular complexity index is 263. The molecule has 1 atom stereocenters. The molecule has 0 spiro atoms. The Morgan fingerprint density at radius 3 is 2.38 bits per heavy atom. The molecule has 0 amide bonds. The van der Waals surface area contributed by atoms with Crippen LogP contribution < -0.4 is 5.32 Å².